The van der Waals surface area contributed by atoms with Gasteiger partial charge in [-0.3, -0.25) is 0 Å². The Kier molecular flexibility index (Phi) is 5.78. The summed E-state index contributed by atoms with van der Waals surface area (Å²) in [5.41, 5.74) is 0.967. The third-order valence-electron chi connectivity index (χ3n) is 3.22. The maximum absolute atomic E-state index is 9.82. The van der Waals surface area contributed by atoms with Crippen LogP contribution in [0.25, 0.3) is 11.4 Å². The number of benzene rings is 1. The number of aromatic nitrogens is 3. The molecule has 0 spiro atoms. The Labute approximate surface area is 129 Å². The molecule has 1 aromatic heterocycles. The Hall–Kier alpha value is -1.37. The monoisotopic (exact) mass is 307 g/mol. The lowest BCUT2D eigenvalue weighted by atomic mass is 10.2. The van der Waals surface area contributed by atoms with Gasteiger partial charge in [-0.05, 0) is 24.8 Å². The summed E-state index contributed by atoms with van der Waals surface area (Å²) in [4.78, 5) is 5.73. The number of aliphatic hydroxyl groups is 1. The smallest absolute Gasteiger partial charge is 0.181 e. The van der Waals surface area contributed by atoms with Gasteiger partial charge < -0.3 is 9.84 Å². The summed E-state index contributed by atoms with van der Waals surface area (Å²) in [6.45, 7) is 2.76. The molecule has 2 rings (SSSR count). The molecular weight excluding hydrogens is 286 g/mol. The van der Waals surface area contributed by atoms with E-state index in [9.17, 15) is 5.11 Å². The van der Waals surface area contributed by atoms with Crippen molar-refractivity contribution in [3.63, 3.8) is 0 Å². The highest BCUT2D eigenvalue weighted by molar-refractivity contribution is 7.98. The molecular formula is C15H21N3O2S. The standard InChI is InChI=1S/C15H21N3O2S/c1-4-12(19)9-18-14(10-20-2)16-15(17-18)11-5-7-13(21-3)8-6-11/h5-8,12,19H,4,9-10H2,1-3H3/t12-/m1/s1. The number of hydrogen-bond donors (Lipinski definition) is 1. The molecule has 1 atom stereocenters. The van der Waals surface area contributed by atoms with E-state index in [2.05, 4.69) is 22.2 Å². The zero-order valence-electron chi connectivity index (χ0n) is 12.6. The van der Waals surface area contributed by atoms with Crippen LogP contribution in [0, 0.1) is 0 Å². The Morgan fingerprint density at radius 1 is 1.33 bits per heavy atom. The maximum Gasteiger partial charge on any atom is 0.181 e. The van der Waals surface area contributed by atoms with Gasteiger partial charge in [-0.15, -0.1) is 11.8 Å². The van der Waals surface area contributed by atoms with E-state index in [0.29, 0.717) is 25.4 Å². The summed E-state index contributed by atoms with van der Waals surface area (Å²) in [5.74, 6) is 1.40. The van der Waals surface area contributed by atoms with E-state index >= 15 is 0 Å². The topological polar surface area (TPSA) is 60.2 Å². The number of rotatable bonds is 7. The van der Waals surface area contributed by atoms with Crippen LogP contribution < -0.4 is 0 Å². The highest BCUT2D eigenvalue weighted by Crippen LogP contribution is 2.21. The lowest BCUT2D eigenvalue weighted by Gasteiger charge is -2.09. The summed E-state index contributed by atoms with van der Waals surface area (Å²) >= 11 is 1.70. The van der Waals surface area contributed by atoms with E-state index in [-0.39, 0.29) is 0 Å². The summed E-state index contributed by atoms with van der Waals surface area (Å²) in [6.07, 6.45) is 2.31. The summed E-state index contributed by atoms with van der Waals surface area (Å²) < 4.78 is 6.89. The largest absolute Gasteiger partial charge is 0.391 e. The number of aliphatic hydroxyl groups excluding tert-OH is 1. The first-order valence-electron chi connectivity index (χ1n) is 6.93. The Balaban J connectivity index is 2.28. The average molecular weight is 307 g/mol. The molecule has 5 nitrogen and oxygen atoms in total. The predicted molar refractivity (Wildman–Crippen MR) is 84.2 cm³/mol. The predicted octanol–water partition coefficient (Wildman–Crippen LogP) is 2.58. The van der Waals surface area contributed by atoms with Crippen molar-refractivity contribution >= 4 is 11.8 Å². The summed E-state index contributed by atoms with van der Waals surface area (Å²) in [5, 5.41) is 14.3. The summed E-state index contributed by atoms with van der Waals surface area (Å²) in [7, 11) is 1.63. The molecule has 0 fully saturated rings. The molecule has 0 saturated carbocycles. The van der Waals surface area contributed by atoms with E-state index in [1.807, 2.05) is 25.3 Å². The molecule has 0 unspecified atom stereocenters. The molecule has 0 aliphatic heterocycles. The number of nitrogens with zero attached hydrogens (tertiary/aromatic N) is 3. The third kappa shape index (κ3) is 4.06. The third-order valence-corrected chi connectivity index (χ3v) is 3.97. The number of methoxy groups -OCH3 is 1. The zero-order valence-corrected chi connectivity index (χ0v) is 13.4. The maximum atomic E-state index is 9.82. The molecule has 1 heterocycles. The van der Waals surface area contributed by atoms with E-state index < -0.39 is 6.10 Å². The quantitative estimate of drug-likeness (QED) is 0.797. The van der Waals surface area contributed by atoms with Gasteiger partial charge in [0.2, 0.25) is 0 Å². The second-order valence-corrected chi connectivity index (χ2v) is 5.64. The molecule has 0 radical (unpaired) electrons. The Morgan fingerprint density at radius 2 is 2.05 bits per heavy atom. The molecule has 1 aromatic carbocycles. The van der Waals surface area contributed by atoms with Crippen LogP contribution in [0.2, 0.25) is 0 Å². The second-order valence-electron chi connectivity index (χ2n) is 4.76. The van der Waals surface area contributed by atoms with Gasteiger partial charge in [0.25, 0.3) is 0 Å². The van der Waals surface area contributed by atoms with E-state index in [1.165, 1.54) is 4.90 Å². The van der Waals surface area contributed by atoms with Gasteiger partial charge in [0, 0.05) is 17.6 Å². The number of hydrogen-bond acceptors (Lipinski definition) is 5. The van der Waals surface area contributed by atoms with Crippen LogP contribution >= 0.6 is 11.8 Å². The van der Waals surface area contributed by atoms with Gasteiger partial charge in [-0.1, -0.05) is 19.1 Å². The fraction of sp³-hybridized carbons (Fsp3) is 0.467. The summed E-state index contributed by atoms with van der Waals surface area (Å²) in [6, 6.07) is 8.13. The molecule has 6 heteroatoms. The lowest BCUT2D eigenvalue weighted by molar-refractivity contribution is 0.133. The fourth-order valence-corrected chi connectivity index (χ4v) is 2.36. The SMILES string of the molecule is CC[C@@H](O)Cn1nc(-c2ccc(SC)cc2)nc1COC. The normalized spacial score (nSPS) is 12.6. The van der Waals surface area contributed by atoms with Crippen molar-refractivity contribution in [1.82, 2.24) is 14.8 Å². The van der Waals surface area contributed by atoms with Crippen LogP contribution in [0.4, 0.5) is 0 Å². The highest BCUT2D eigenvalue weighted by Gasteiger charge is 2.14. The van der Waals surface area contributed by atoms with Crippen molar-refractivity contribution in [2.24, 2.45) is 0 Å². The van der Waals surface area contributed by atoms with Gasteiger partial charge >= 0.3 is 0 Å². The molecule has 114 valence electrons. The first kappa shape index (κ1) is 16.0. The molecule has 0 amide bonds. The highest BCUT2D eigenvalue weighted by atomic mass is 32.2. The van der Waals surface area contributed by atoms with Crippen LogP contribution in [0.1, 0.15) is 19.2 Å². The number of ether oxygens (including phenoxy) is 1. The van der Waals surface area contributed by atoms with Gasteiger partial charge in [-0.2, -0.15) is 5.10 Å². The van der Waals surface area contributed by atoms with E-state index in [4.69, 9.17) is 4.74 Å². The van der Waals surface area contributed by atoms with Gasteiger partial charge in [0.15, 0.2) is 11.6 Å². The van der Waals surface area contributed by atoms with Crippen LogP contribution in [0.3, 0.4) is 0 Å². The van der Waals surface area contributed by atoms with Gasteiger partial charge in [-0.25, -0.2) is 9.67 Å². The number of thioether (sulfide) groups is 1. The Morgan fingerprint density at radius 3 is 2.62 bits per heavy atom. The molecule has 2 aromatic rings. The van der Waals surface area contributed by atoms with Crippen LogP contribution in [0.5, 0.6) is 0 Å². The Bertz CT molecular complexity index is 569. The minimum atomic E-state index is -0.422. The fourth-order valence-electron chi connectivity index (χ4n) is 1.95. The molecule has 0 saturated heterocycles. The molecule has 0 bridgehead atoms. The second kappa shape index (κ2) is 7.59. The van der Waals surface area contributed by atoms with Gasteiger partial charge in [0.1, 0.15) is 6.61 Å². The van der Waals surface area contributed by atoms with Crippen molar-refractivity contribution in [2.45, 2.75) is 37.5 Å². The van der Waals surface area contributed by atoms with Crippen molar-refractivity contribution in [1.29, 1.82) is 0 Å². The average Bonchev–Trinajstić information content (AvgIpc) is 2.90. The van der Waals surface area contributed by atoms with Crippen molar-refractivity contribution in [3.05, 3.63) is 30.1 Å². The molecule has 0 aliphatic carbocycles. The van der Waals surface area contributed by atoms with Crippen molar-refractivity contribution < 1.29 is 9.84 Å². The minimum Gasteiger partial charge on any atom is -0.391 e. The molecule has 0 aliphatic rings. The van der Waals surface area contributed by atoms with Crippen LogP contribution in [-0.4, -0.2) is 39.3 Å². The molecule has 1 N–H and O–H groups in total. The minimum absolute atomic E-state index is 0.381. The lowest BCUT2D eigenvalue weighted by Crippen LogP contribution is -2.18. The van der Waals surface area contributed by atoms with Crippen LogP contribution in [0.15, 0.2) is 29.2 Å². The molecule has 21 heavy (non-hydrogen) atoms. The van der Waals surface area contributed by atoms with E-state index in [1.54, 1.807) is 23.6 Å². The van der Waals surface area contributed by atoms with Crippen molar-refractivity contribution in [3.8, 4) is 11.4 Å². The van der Waals surface area contributed by atoms with Gasteiger partial charge in [0.05, 0.1) is 12.6 Å². The van der Waals surface area contributed by atoms with Crippen molar-refractivity contribution in [2.75, 3.05) is 13.4 Å². The van der Waals surface area contributed by atoms with Crippen LogP contribution in [-0.2, 0) is 17.9 Å². The zero-order chi connectivity index (χ0) is 15.2. The van der Waals surface area contributed by atoms with E-state index in [0.717, 1.165) is 11.4 Å². The first-order valence-corrected chi connectivity index (χ1v) is 8.15. The first-order chi connectivity index (χ1) is 10.2.